The van der Waals surface area contributed by atoms with Gasteiger partial charge in [-0.25, -0.2) is 27.6 Å². The number of primary sulfonamides is 1. The molecule has 33 heavy (non-hydrogen) atoms. The van der Waals surface area contributed by atoms with E-state index in [1.165, 1.54) is 16.8 Å². The van der Waals surface area contributed by atoms with Gasteiger partial charge in [0.25, 0.3) is 0 Å². The van der Waals surface area contributed by atoms with Gasteiger partial charge in [0.15, 0.2) is 5.82 Å². The highest BCUT2D eigenvalue weighted by atomic mass is 32.2. The molecule has 0 fully saturated rings. The molecule has 0 aliphatic heterocycles. The summed E-state index contributed by atoms with van der Waals surface area (Å²) in [7, 11) is -4.03. The van der Waals surface area contributed by atoms with Crippen LogP contribution in [0.5, 0.6) is 0 Å². The monoisotopic (exact) mass is 470 g/mol. The van der Waals surface area contributed by atoms with Crippen LogP contribution >= 0.6 is 0 Å². The van der Waals surface area contributed by atoms with Crippen molar-refractivity contribution in [3.63, 3.8) is 0 Å². The largest absolute Gasteiger partial charge is 0.295 e. The fourth-order valence-corrected chi connectivity index (χ4v) is 4.13. The van der Waals surface area contributed by atoms with E-state index in [4.69, 9.17) is 10.4 Å². The fraction of sp³-hybridized carbons (Fsp3) is 0.348. The lowest BCUT2D eigenvalue weighted by Gasteiger charge is -2.18. The first kappa shape index (κ1) is 24.5. The maximum atomic E-state index is 15.0. The van der Waals surface area contributed by atoms with Crippen LogP contribution < -0.4 is 5.14 Å². The topological polar surface area (TPSA) is 118 Å². The van der Waals surface area contributed by atoms with Crippen LogP contribution in [0.3, 0.4) is 0 Å². The Labute approximate surface area is 193 Å². The summed E-state index contributed by atoms with van der Waals surface area (Å²) in [5.74, 6) is 0.256. The summed E-state index contributed by atoms with van der Waals surface area (Å²) in [4.78, 5) is 6.44. The van der Waals surface area contributed by atoms with E-state index in [1.54, 1.807) is 0 Å². The van der Waals surface area contributed by atoms with Crippen LogP contribution in [0.1, 0.15) is 42.5 Å². The van der Waals surface area contributed by atoms with E-state index in [0.717, 1.165) is 30.2 Å². The van der Waals surface area contributed by atoms with Crippen LogP contribution in [0.25, 0.3) is 5.69 Å². The second-order valence-corrected chi connectivity index (χ2v) is 9.43. The van der Waals surface area contributed by atoms with Crippen molar-refractivity contribution in [2.45, 2.75) is 44.6 Å². The minimum Gasteiger partial charge on any atom is -0.295 e. The molecular formula is C23H27FN6O2S. The first-order valence-electron chi connectivity index (χ1n) is 10.6. The van der Waals surface area contributed by atoms with Gasteiger partial charge in [-0.3, -0.25) is 4.90 Å². The third-order valence-electron chi connectivity index (χ3n) is 5.08. The van der Waals surface area contributed by atoms with Crippen LogP contribution in [0.4, 0.5) is 4.39 Å². The van der Waals surface area contributed by atoms with Gasteiger partial charge in [-0.1, -0.05) is 36.8 Å². The Morgan fingerprint density at radius 3 is 2.64 bits per heavy atom. The van der Waals surface area contributed by atoms with E-state index in [0.29, 0.717) is 37.6 Å². The Balaban J connectivity index is 2.02. The molecule has 0 atom stereocenters. The maximum absolute atomic E-state index is 15.0. The molecule has 3 aromatic rings. The molecule has 0 bridgehead atoms. The molecule has 0 amide bonds. The lowest BCUT2D eigenvalue weighted by atomic mass is 10.1. The third-order valence-corrected chi connectivity index (χ3v) is 5.99. The zero-order chi connectivity index (χ0) is 24.0. The van der Waals surface area contributed by atoms with Gasteiger partial charge in [0.05, 0.1) is 17.5 Å². The van der Waals surface area contributed by atoms with Crippen LogP contribution in [-0.4, -0.2) is 41.2 Å². The van der Waals surface area contributed by atoms with Gasteiger partial charge in [-0.2, -0.15) is 5.26 Å². The summed E-state index contributed by atoms with van der Waals surface area (Å²) in [6.07, 6.45) is 1.71. The number of aromatic nitrogens is 3. The Hall–Kier alpha value is -3.13. The molecule has 0 spiro atoms. The molecular weight excluding hydrogens is 443 g/mol. The number of halogens is 1. The minimum atomic E-state index is -4.03. The molecule has 0 saturated carbocycles. The summed E-state index contributed by atoms with van der Waals surface area (Å²) in [6, 6.07) is 13.5. The molecule has 1 heterocycles. The summed E-state index contributed by atoms with van der Waals surface area (Å²) in [6.45, 7) is 5.82. The molecule has 0 aliphatic carbocycles. The molecule has 0 radical (unpaired) electrons. The van der Waals surface area contributed by atoms with Gasteiger partial charge in [0, 0.05) is 19.4 Å². The number of hydrogen-bond acceptors (Lipinski definition) is 6. The molecule has 10 heteroatoms. The van der Waals surface area contributed by atoms with E-state index in [2.05, 4.69) is 28.0 Å². The summed E-state index contributed by atoms with van der Waals surface area (Å²) in [5.41, 5.74) is 2.17. The van der Waals surface area contributed by atoms with E-state index < -0.39 is 15.8 Å². The standard InChI is InChI=1S/C23H27FN6O2S/c1-3-11-29(12-5-10-25)16-22-27-23(14-18-7-4-6-17(2)13-18)30(28-22)21-9-8-19(15-20(21)24)33(26,31)32/h4,6-9,13,15H,3,5,11-12,14,16H2,1-2H3,(H2,26,31,32). The quantitative estimate of drug-likeness (QED) is 0.486. The highest BCUT2D eigenvalue weighted by molar-refractivity contribution is 7.89. The van der Waals surface area contributed by atoms with E-state index >= 15 is 0 Å². The number of nitrogens with zero attached hydrogens (tertiary/aromatic N) is 5. The van der Waals surface area contributed by atoms with Gasteiger partial charge < -0.3 is 0 Å². The van der Waals surface area contributed by atoms with Crippen LogP contribution in [0.2, 0.25) is 0 Å². The number of hydrogen-bond donors (Lipinski definition) is 1. The van der Waals surface area contributed by atoms with Crippen molar-refractivity contribution < 1.29 is 12.8 Å². The van der Waals surface area contributed by atoms with Gasteiger partial charge >= 0.3 is 0 Å². The summed E-state index contributed by atoms with van der Waals surface area (Å²) >= 11 is 0. The zero-order valence-corrected chi connectivity index (χ0v) is 19.5. The molecule has 3 rings (SSSR count). The van der Waals surface area contributed by atoms with Crippen molar-refractivity contribution >= 4 is 10.0 Å². The van der Waals surface area contributed by atoms with Crippen molar-refractivity contribution in [2.24, 2.45) is 5.14 Å². The molecule has 8 nitrogen and oxygen atoms in total. The number of nitrogens with two attached hydrogens (primary N) is 1. The average Bonchev–Trinajstić information content (AvgIpc) is 3.13. The zero-order valence-electron chi connectivity index (χ0n) is 18.7. The molecule has 0 saturated heterocycles. The molecule has 0 aliphatic rings. The Morgan fingerprint density at radius 1 is 1.21 bits per heavy atom. The molecule has 1 aromatic heterocycles. The summed E-state index contributed by atoms with van der Waals surface area (Å²) in [5, 5.41) is 18.6. The molecule has 2 aromatic carbocycles. The van der Waals surface area contributed by atoms with Gasteiger partial charge in [0.2, 0.25) is 10.0 Å². The van der Waals surface area contributed by atoms with Gasteiger partial charge in [-0.15, -0.1) is 5.10 Å². The normalized spacial score (nSPS) is 11.6. The second-order valence-electron chi connectivity index (χ2n) is 7.86. The SMILES string of the molecule is CCCN(CCC#N)Cc1nc(Cc2cccc(C)c2)n(-c2ccc(S(N)(=O)=O)cc2F)n1. The van der Waals surface area contributed by atoms with E-state index in [-0.39, 0.29) is 10.6 Å². The highest BCUT2D eigenvalue weighted by Crippen LogP contribution is 2.21. The van der Waals surface area contributed by atoms with Crippen molar-refractivity contribution in [2.75, 3.05) is 13.1 Å². The van der Waals surface area contributed by atoms with Gasteiger partial charge in [0.1, 0.15) is 17.3 Å². The lowest BCUT2D eigenvalue weighted by molar-refractivity contribution is 0.265. The first-order chi connectivity index (χ1) is 15.7. The predicted octanol–water partition coefficient (Wildman–Crippen LogP) is 3.08. The Bertz CT molecular complexity index is 1270. The Kier molecular flexibility index (Phi) is 7.92. The first-order valence-corrected chi connectivity index (χ1v) is 12.2. The van der Waals surface area contributed by atoms with Gasteiger partial charge in [-0.05, 0) is 43.7 Å². The average molecular weight is 471 g/mol. The van der Waals surface area contributed by atoms with E-state index in [9.17, 15) is 12.8 Å². The number of benzene rings is 2. The lowest BCUT2D eigenvalue weighted by Crippen LogP contribution is -2.25. The molecule has 2 N–H and O–H groups in total. The number of sulfonamides is 1. The number of aryl methyl sites for hydroxylation is 1. The van der Waals surface area contributed by atoms with Crippen LogP contribution in [-0.2, 0) is 23.0 Å². The number of rotatable bonds is 10. The molecule has 0 unspecified atom stereocenters. The maximum Gasteiger partial charge on any atom is 0.238 e. The predicted molar refractivity (Wildman–Crippen MR) is 122 cm³/mol. The summed E-state index contributed by atoms with van der Waals surface area (Å²) < 4.78 is 39.6. The van der Waals surface area contributed by atoms with Crippen molar-refractivity contribution in [1.29, 1.82) is 5.26 Å². The Morgan fingerprint density at radius 2 is 2.00 bits per heavy atom. The second kappa shape index (κ2) is 10.7. The van der Waals surface area contributed by atoms with Crippen molar-refractivity contribution in [3.05, 3.63) is 71.1 Å². The van der Waals surface area contributed by atoms with Crippen LogP contribution in [0, 0.1) is 24.1 Å². The smallest absolute Gasteiger partial charge is 0.238 e. The van der Waals surface area contributed by atoms with Crippen molar-refractivity contribution in [1.82, 2.24) is 19.7 Å². The highest BCUT2D eigenvalue weighted by Gasteiger charge is 2.19. The fourth-order valence-electron chi connectivity index (χ4n) is 3.60. The minimum absolute atomic E-state index is 0.0860. The molecule has 174 valence electrons. The van der Waals surface area contributed by atoms with E-state index in [1.807, 2.05) is 31.2 Å². The number of nitriles is 1. The van der Waals surface area contributed by atoms with Crippen LogP contribution in [0.15, 0.2) is 47.4 Å². The third kappa shape index (κ3) is 6.44. The van der Waals surface area contributed by atoms with Crippen molar-refractivity contribution in [3.8, 4) is 11.8 Å².